The fraction of sp³-hybridized carbons (Fsp3) is 0. The molecule has 1 aromatic rings. The topological polar surface area (TPSA) is 138 Å². The Balaban J connectivity index is 3.27. The van der Waals surface area contributed by atoms with Crippen LogP contribution in [0, 0.1) is 20.2 Å². The Bertz CT molecular complexity index is 303. The molecule has 10 heteroatoms. The first-order chi connectivity index (χ1) is 5.63. The molecule has 0 N–H and O–H groups in total. The van der Waals surface area contributed by atoms with Gasteiger partial charge < -0.3 is 20.2 Å². The molecule has 10 nitrogen and oxygen atoms in total. The Morgan fingerprint density at radius 1 is 0.917 bits per heavy atom. The molecular weight excluding hydrogens is 172 g/mol. The highest BCUT2D eigenvalue weighted by Gasteiger charge is 2.29. The molecule has 12 heavy (non-hydrogen) atoms. The Kier molecular flexibility index (Phi) is 1.81. The van der Waals surface area contributed by atoms with Gasteiger partial charge in [0.15, 0.2) is 0 Å². The van der Waals surface area contributed by atoms with Crippen LogP contribution in [-0.4, -0.2) is 30.5 Å². The average Bonchev–Trinajstić information content (AvgIpc) is 2.04. The van der Waals surface area contributed by atoms with Gasteiger partial charge in [-0.3, -0.25) is 0 Å². The standard InChI is InChI=1S/C2N6O4/c9-7(10)1-2(8(11)12)4-6-5-3-1. The van der Waals surface area contributed by atoms with E-state index in [0.717, 1.165) is 0 Å². The molecule has 0 fully saturated rings. The first kappa shape index (κ1) is 7.84. The number of aromatic nitrogens is 4. The molecule has 0 bridgehead atoms. The highest BCUT2D eigenvalue weighted by Crippen LogP contribution is 2.16. The third-order valence-electron chi connectivity index (χ3n) is 0.865. The Morgan fingerprint density at radius 3 is 1.50 bits per heavy atom. The zero-order valence-corrected chi connectivity index (χ0v) is 5.32. The van der Waals surface area contributed by atoms with Gasteiger partial charge in [0, 0.05) is 0 Å². The maximum atomic E-state index is 10.1. The zero-order chi connectivity index (χ0) is 9.14. The van der Waals surface area contributed by atoms with Crippen LogP contribution in [0.25, 0.3) is 0 Å². The van der Waals surface area contributed by atoms with Crippen LogP contribution in [0.15, 0.2) is 0 Å². The molecular formula is C2N6O4. The summed E-state index contributed by atoms with van der Waals surface area (Å²) in [6, 6.07) is 0. The van der Waals surface area contributed by atoms with Gasteiger partial charge in [-0.25, -0.2) is 0 Å². The van der Waals surface area contributed by atoms with Crippen molar-refractivity contribution in [2.24, 2.45) is 0 Å². The van der Waals surface area contributed by atoms with Crippen LogP contribution in [-0.2, 0) is 0 Å². The first-order valence-electron chi connectivity index (χ1n) is 2.47. The summed E-state index contributed by atoms with van der Waals surface area (Å²) in [6.45, 7) is 0. The molecule has 62 valence electrons. The van der Waals surface area contributed by atoms with Crippen LogP contribution in [0.2, 0.25) is 0 Å². The van der Waals surface area contributed by atoms with E-state index in [1.807, 2.05) is 0 Å². The summed E-state index contributed by atoms with van der Waals surface area (Å²) in [4.78, 5) is 18.0. The molecule has 0 saturated heterocycles. The van der Waals surface area contributed by atoms with Crippen LogP contribution in [0.3, 0.4) is 0 Å². The van der Waals surface area contributed by atoms with E-state index in [1.165, 1.54) is 0 Å². The summed E-state index contributed by atoms with van der Waals surface area (Å²) in [7, 11) is 0. The minimum atomic E-state index is -1.06. The summed E-state index contributed by atoms with van der Waals surface area (Å²) >= 11 is 0. The minimum Gasteiger partial charge on any atom is -0.358 e. The zero-order valence-electron chi connectivity index (χ0n) is 5.32. The van der Waals surface area contributed by atoms with Gasteiger partial charge in [0.05, 0.1) is 0 Å². The monoisotopic (exact) mass is 172 g/mol. The van der Waals surface area contributed by atoms with Crippen molar-refractivity contribution in [3.63, 3.8) is 0 Å². The van der Waals surface area contributed by atoms with E-state index >= 15 is 0 Å². The lowest BCUT2D eigenvalue weighted by atomic mass is 10.7. The number of hydrogen-bond donors (Lipinski definition) is 0. The van der Waals surface area contributed by atoms with Crippen LogP contribution in [0.4, 0.5) is 11.6 Å². The molecule has 0 atom stereocenters. The number of rotatable bonds is 2. The fourth-order valence-electron chi connectivity index (χ4n) is 0.450. The third kappa shape index (κ3) is 1.25. The van der Waals surface area contributed by atoms with Crippen LogP contribution in [0.1, 0.15) is 0 Å². The molecule has 0 aliphatic carbocycles. The van der Waals surface area contributed by atoms with Crippen molar-refractivity contribution in [3.05, 3.63) is 20.2 Å². The molecule has 0 amide bonds. The van der Waals surface area contributed by atoms with E-state index in [-0.39, 0.29) is 0 Å². The van der Waals surface area contributed by atoms with E-state index < -0.39 is 21.5 Å². The predicted octanol–water partition coefficient (Wildman–Crippen LogP) is -0.917. The van der Waals surface area contributed by atoms with E-state index in [9.17, 15) is 20.2 Å². The second-order valence-corrected chi connectivity index (χ2v) is 1.54. The minimum absolute atomic E-state index is 1.02. The van der Waals surface area contributed by atoms with Gasteiger partial charge in [0.25, 0.3) is 0 Å². The second-order valence-electron chi connectivity index (χ2n) is 1.54. The molecule has 0 radical (unpaired) electrons. The lowest BCUT2D eigenvalue weighted by molar-refractivity contribution is -0.430. The second kappa shape index (κ2) is 2.77. The Labute approximate surface area is 63.5 Å². The third-order valence-corrected chi connectivity index (χ3v) is 0.865. The number of nitrogens with zero attached hydrogens (tertiary/aromatic N) is 6. The quantitative estimate of drug-likeness (QED) is 0.412. The molecule has 0 unspecified atom stereocenters. The molecule has 1 heterocycles. The van der Waals surface area contributed by atoms with Crippen molar-refractivity contribution in [3.8, 4) is 0 Å². The normalized spacial score (nSPS) is 9.33. The highest BCUT2D eigenvalue weighted by molar-refractivity contribution is 5.35. The molecule has 0 spiro atoms. The molecule has 0 aliphatic rings. The van der Waals surface area contributed by atoms with Crippen molar-refractivity contribution in [2.45, 2.75) is 0 Å². The van der Waals surface area contributed by atoms with E-state index in [2.05, 4.69) is 20.6 Å². The molecule has 0 aromatic carbocycles. The van der Waals surface area contributed by atoms with Gasteiger partial charge in [-0.15, -0.1) is 0 Å². The molecule has 1 rings (SSSR count). The van der Waals surface area contributed by atoms with Gasteiger partial charge in [0.2, 0.25) is 0 Å². The summed E-state index contributed by atoms with van der Waals surface area (Å²) in [5.74, 6) is -2.04. The molecule has 1 aromatic heterocycles. The van der Waals surface area contributed by atoms with E-state index in [0.29, 0.717) is 0 Å². The maximum Gasteiger partial charge on any atom is 0.492 e. The van der Waals surface area contributed by atoms with Gasteiger partial charge in [-0.2, -0.15) is 0 Å². The predicted molar refractivity (Wildman–Crippen MR) is 30.9 cm³/mol. The van der Waals surface area contributed by atoms with E-state index in [1.54, 1.807) is 0 Å². The van der Waals surface area contributed by atoms with Gasteiger partial charge in [-0.1, -0.05) is 0 Å². The molecule has 0 aliphatic heterocycles. The van der Waals surface area contributed by atoms with Crippen molar-refractivity contribution < 1.29 is 9.85 Å². The SMILES string of the molecule is O=[N+]([O-])c1nnnnc1[N+](=O)[O-]. The fourth-order valence-corrected chi connectivity index (χ4v) is 0.450. The number of hydrogen-bond acceptors (Lipinski definition) is 8. The van der Waals surface area contributed by atoms with Crippen molar-refractivity contribution in [2.75, 3.05) is 0 Å². The largest absolute Gasteiger partial charge is 0.492 e. The summed E-state index contributed by atoms with van der Waals surface area (Å²) < 4.78 is 0. The smallest absolute Gasteiger partial charge is 0.358 e. The first-order valence-corrected chi connectivity index (χ1v) is 2.47. The van der Waals surface area contributed by atoms with Crippen LogP contribution < -0.4 is 0 Å². The summed E-state index contributed by atoms with van der Waals surface area (Å²) in [6.07, 6.45) is 0. The van der Waals surface area contributed by atoms with Crippen molar-refractivity contribution in [1.29, 1.82) is 0 Å². The van der Waals surface area contributed by atoms with Crippen LogP contribution >= 0.6 is 0 Å². The van der Waals surface area contributed by atoms with E-state index in [4.69, 9.17) is 0 Å². The molecule has 0 saturated carbocycles. The number of nitro groups is 2. The maximum absolute atomic E-state index is 10.1. The Hall–Kier alpha value is -2.26. The Morgan fingerprint density at radius 2 is 1.25 bits per heavy atom. The van der Waals surface area contributed by atoms with Gasteiger partial charge >= 0.3 is 11.6 Å². The van der Waals surface area contributed by atoms with Crippen LogP contribution in [0.5, 0.6) is 0 Å². The lowest BCUT2D eigenvalue weighted by Gasteiger charge is -1.89. The van der Waals surface area contributed by atoms with Gasteiger partial charge in [0.1, 0.15) is 20.6 Å². The lowest BCUT2D eigenvalue weighted by Crippen LogP contribution is -2.04. The average molecular weight is 172 g/mol. The van der Waals surface area contributed by atoms with Crippen molar-refractivity contribution in [1.82, 2.24) is 20.6 Å². The van der Waals surface area contributed by atoms with Gasteiger partial charge in [-0.05, 0) is 9.85 Å². The summed E-state index contributed by atoms with van der Waals surface area (Å²) in [5.41, 5.74) is 0. The highest BCUT2D eigenvalue weighted by atomic mass is 16.6. The van der Waals surface area contributed by atoms with Crippen molar-refractivity contribution >= 4 is 11.6 Å². The summed E-state index contributed by atoms with van der Waals surface area (Å²) in [5, 5.41) is 31.4.